The summed E-state index contributed by atoms with van der Waals surface area (Å²) in [5, 5.41) is 10.9. The van der Waals surface area contributed by atoms with E-state index in [2.05, 4.69) is 15.6 Å². The van der Waals surface area contributed by atoms with E-state index in [1.165, 1.54) is 23.0 Å². The summed E-state index contributed by atoms with van der Waals surface area (Å²) in [5.41, 5.74) is 1.58. The lowest BCUT2D eigenvalue weighted by molar-refractivity contribution is -0.121. The van der Waals surface area contributed by atoms with Crippen LogP contribution in [-0.2, 0) is 11.2 Å². The third kappa shape index (κ3) is 5.11. The lowest BCUT2D eigenvalue weighted by atomic mass is 10.0. The fourth-order valence-electron chi connectivity index (χ4n) is 3.74. The number of hydrogen-bond acceptors (Lipinski definition) is 5. The van der Waals surface area contributed by atoms with Gasteiger partial charge in [-0.1, -0.05) is 23.4 Å². The molecule has 32 heavy (non-hydrogen) atoms. The molecule has 2 amide bonds. The highest BCUT2D eigenvalue weighted by Gasteiger charge is 2.26. The summed E-state index contributed by atoms with van der Waals surface area (Å²) < 4.78 is 20.0. The molecular weight excluding hydrogens is 413 g/mol. The van der Waals surface area contributed by atoms with E-state index in [1.807, 2.05) is 24.3 Å². The molecule has 1 fully saturated rings. The molecule has 8 nitrogen and oxygen atoms in total. The number of likely N-dealkylation sites (tertiary alicyclic amines) is 1. The number of carbonyl (C=O) groups excluding carboxylic acids is 2. The third-order valence-corrected chi connectivity index (χ3v) is 5.43. The predicted molar refractivity (Wildman–Crippen MR) is 115 cm³/mol. The van der Waals surface area contributed by atoms with Crippen LogP contribution in [0.2, 0.25) is 0 Å². The number of nitrogens with one attached hydrogen (secondary N) is 1. The molecule has 0 aliphatic carbocycles. The lowest BCUT2D eigenvalue weighted by Gasteiger charge is -2.32. The van der Waals surface area contributed by atoms with Crippen LogP contribution < -0.4 is 10.1 Å². The van der Waals surface area contributed by atoms with Crippen molar-refractivity contribution < 1.29 is 18.7 Å². The minimum absolute atomic E-state index is 0.0140. The smallest absolute Gasteiger partial charge is 0.276 e. The quantitative estimate of drug-likeness (QED) is 0.640. The zero-order valence-corrected chi connectivity index (χ0v) is 17.7. The summed E-state index contributed by atoms with van der Waals surface area (Å²) in [6.07, 6.45) is 3.10. The Hall–Kier alpha value is -3.75. The molecule has 0 atom stereocenters. The first kappa shape index (κ1) is 21.5. The maximum Gasteiger partial charge on any atom is 0.276 e. The minimum atomic E-state index is -0.388. The first-order valence-corrected chi connectivity index (χ1v) is 10.4. The second kappa shape index (κ2) is 9.59. The number of aromatic nitrogens is 3. The average Bonchev–Trinajstić information content (AvgIpc) is 3.29. The zero-order chi connectivity index (χ0) is 22.5. The van der Waals surface area contributed by atoms with E-state index in [-0.39, 0.29) is 35.8 Å². The van der Waals surface area contributed by atoms with Gasteiger partial charge in [-0.3, -0.25) is 9.59 Å². The van der Waals surface area contributed by atoms with Gasteiger partial charge in [0.15, 0.2) is 5.69 Å². The second-order valence-corrected chi connectivity index (χ2v) is 7.69. The standard InChI is InChI=1S/C23H24FN5O3/c1-32-20-7-2-4-16(12-20)13-22(30)25-18-8-10-28(11-9-18)23(31)21-15-29(27-26-21)19-6-3-5-17(24)14-19/h2-7,12,14-15,18H,8-11,13H2,1H3,(H,25,30). The highest BCUT2D eigenvalue weighted by Crippen LogP contribution is 2.16. The Labute approximate surface area is 185 Å². The van der Waals surface area contributed by atoms with Gasteiger partial charge < -0.3 is 15.0 Å². The highest BCUT2D eigenvalue weighted by molar-refractivity contribution is 5.92. The molecule has 0 radical (unpaired) electrons. The van der Waals surface area contributed by atoms with Gasteiger partial charge >= 0.3 is 0 Å². The molecule has 1 saturated heterocycles. The van der Waals surface area contributed by atoms with Crippen LogP contribution in [0.5, 0.6) is 5.75 Å². The SMILES string of the molecule is COc1cccc(CC(=O)NC2CCN(C(=O)c3cn(-c4cccc(F)c4)nn3)CC2)c1. The second-order valence-electron chi connectivity index (χ2n) is 7.69. The van der Waals surface area contributed by atoms with Crippen LogP contribution in [0.3, 0.4) is 0 Å². The van der Waals surface area contributed by atoms with Crippen LogP contribution in [0.15, 0.2) is 54.7 Å². The first-order valence-electron chi connectivity index (χ1n) is 10.4. The van der Waals surface area contributed by atoms with Gasteiger partial charge in [-0.25, -0.2) is 9.07 Å². The molecule has 1 aliphatic heterocycles. The van der Waals surface area contributed by atoms with Crippen molar-refractivity contribution in [2.75, 3.05) is 20.2 Å². The van der Waals surface area contributed by atoms with Crippen molar-refractivity contribution in [3.63, 3.8) is 0 Å². The van der Waals surface area contributed by atoms with Gasteiger partial charge in [-0.2, -0.15) is 0 Å². The van der Waals surface area contributed by atoms with E-state index in [4.69, 9.17) is 4.74 Å². The topological polar surface area (TPSA) is 89.4 Å². The van der Waals surface area contributed by atoms with E-state index in [0.717, 1.165) is 11.3 Å². The molecule has 0 saturated carbocycles. The van der Waals surface area contributed by atoms with E-state index >= 15 is 0 Å². The van der Waals surface area contributed by atoms with Crippen molar-refractivity contribution in [3.05, 3.63) is 71.8 Å². The van der Waals surface area contributed by atoms with Gasteiger partial charge in [0.05, 0.1) is 25.4 Å². The maximum atomic E-state index is 13.4. The molecular formula is C23H24FN5O3. The fourth-order valence-corrected chi connectivity index (χ4v) is 3.74. The van der Waals surface area contributed by atoms with Crippen molar-refractivity contribution in [2.45, 2.75) is 25.3 Å². The van der Waals surface area contributed by atoms with E-state index in [9.17, 15) is 14.0 Å². The molecule has 4 rings (SSSR count). The summed E-state index contributed by atoms with van der Waals surface area (Å²) in [7, 11) is 1.59. The molecule has 2 heterocycles. The predicted octanol–water partition coefficient (Wildman–Crippen LogP) is 2.38. The van der Waals surface area contributed by atoms with Crippen LogP contribution in [-0.4, -0.2) is 57.9 Å². The zero-order valence-electron chi connectivity index (χ0n) is 17.7. The van der Waals surface area contributed by atoms with Gasteiger partial charge in [-0.15, -0.1) is 5.10 Å². The van der Waals surface area contributed by atoms with Crippen molar-refractivity contribution in [1.82, 2.24) is 25.2 Å². The monoisotopic (exact) mass is 437 g/mol. The van der Waals surface area contributed by atoms with Crippen molar-refractivity contribution in [3.8, 4) is 11.4 Å². The molecule has 2 aromatic carbocycles. The van der Waals surface area contributed by atoms with E-state index in [0.29, 0.717) is 31.6 Å². The molecule has 1 aliphatic rings. The van der Waals surface area contributed by atoms with Crippen LogP contribution in [0.4, 0.5) is 4.39 Å². The molecule has 3 aromatic rings. The number of benzene rings is 2. The highest BCUT2D eigenvalue weighted by atomic mass is 19.1. The van der Waals surface area contributed by atoms with Gasteiger partial charge in [-0.05, 0) is 48.7 Å². The number of carbonyl (C=O) groups is 2. The summed E-state index contributed by atoms with van der Waals surface area (Å²) in [4.78, 5) is 26.9. The fraction of sp³-hybridized carbons (Fsp3) is 0.304. The summed E-state index contributed by atoms with van der Waals surface area (Å²) in [6.45, 7) is 1.02. The lowest BCUT2D eigenvalue weighted by Crippen LogP contribution is -2.47. The summed E-state index contributed by atoms with van der Waals surface area (Å²) >= 11 is 0. The van der Waals surface area contributed by atoms with E-state index < -0.39 is 0 Å². The van der Waals surface area contributed by atoms with Gasteiger partial charge in [0.25, 0.3) is 5.91 Å². The van der Waals surface area contributed by atoms with Crippen molar-refractivity contribution in [2.24, 2.45) is 0 Å². The van der Waals surface area contributed by atoms with Crippen LogP contribution >= 0.6 is 0 Å². The Bertz CT molecular complexity index is 1110. The van der Waals surface area contributed by atoms with Crippen LogP contribution in [0.25, 0.3) is 5.69 Å². The van der Waals surface area contributed by atoms with Gasteiger partial charge in [0.1, 0.15) is 11.6 Å². The first-order chi connectivity index (χ1) is 15.5. The number of halogens is 1. The molecule has 0 unspecified atom stereocenters. The Morgan fingerprint density at radius 3 is 2.69 bits per heavy atom. The summed E-state index contributed by atoms with van der Waals surface area (Å²) in [6, 6.07) is 13.4. The van der Waals surface area contributed by atoms with Gasteiger partial charge in [0, 0.05) is 19.1 Å². The number of hydrogen-bond donors (Lipinski definition) is 1. The Morgan fingerprint density at radius 1 is 1.16 bits per heavy atom. The number of ether oxygens (including phenoxy) is 1. The molecule has 1 aromatic heterocycles. The summed E-state index contributed by atoms with van der Waals surface area (Å²) in [5.74, 6) is 0.0488. The number of piperidine rings is 1. The molecule has 166 valence electrons. The molecule has 1 N–H and O–H groups in total. The Kier molecular flexibility index (Phi) is 6.44. The molecule has 0 bridgehead atoms. The van der Waals surface area contributed by atoms with Gasteiger partial charge in [0.2, 0.25) is 5.91 Å². The minimum Gasteiger partial charge on any atom is -0.497 e. The normalized spacial score (nSPS) is 14.2. The maximum absolute atomic E-state index is 13.4. The number of methoxy groups -OCH3 is 1. The van der Waals surface area contributed by atoms with Crippen molar-refractivity contribution in [1.29, 1.82) is 0 Å². The van der Waals surface area contributed by atoms with Crippen LogP contribution in [0.1, 0.15) is 28.9 Å². The number of rotatable bonds is 6. The molecule has 9 heteroatoms. The Balaban J connectivity index is 1.29. The van der Waals surface area contributed by atoms with Crippen LogP contribution in [0, 0.1) is 5.82 Å². The third-order valence-electron chi connectivity index (χ3n) is 5.43. The average molecular weight is 437 g/mol. The molecule has 0 spiro atoms. The Morgan fingerprint density at radius 2 is 1.94 bits per heavy atom. The number of amides is 2. The largest absolute Gasteiger partial charge is 0.497 e. The van der Waals surface area contributed by atoms with E-state index in [1.54, 1.807) is 24.1 Å². The van der Waals surface area contributed by atoms with Crippen molar-refractivity contribution >= 4 is 11.8 Å². The number of nitrogens with zero attached hydrogens (tertiary/aromatic N) is 4.